The van der Waals surface area contributed by atoms with Crippen LogP contribution in [0.15, 0.2) is 76.3 Å². The first-order chi connectivity index (χ1) is 16.4. The molecular formula is C24H19BrFN3O5. The van der Waals surface area contributed by atoms with Gasteiger partial charge in [-0.25, -0.2) is 14.6 Å². The maximum atomic E-state index is 13.2. The highest BCUT2D eigenvalue weighted by Gasteiger charge is 2.13. The van der Waals surface area contributed by atoms with Gasteiger partial charge in [-0.15, -0.1) is 0 Å². The molecular weight excluding hydrogens is 509 g/mol. The van der Waals surface area contributed by atoms with Crippen LogP contribution in [0.25, 0.3) is 0 Å². The number of halogens is 2. The minimum absolute atomic E-state index is 0.101. The van der Waals surface area contributed by atoms with E-state index in [1.165, 1.54) is 37.6 Å². The van der Waals surface area contributed by atoms with E-state index in [0.29, 0.717) is 16.9 Å². The summed E-state index contributed by atoms with van der Waals surface area (Å²) in [4.78, 5) is 36.2. The third-order valence-electron chi connectivity index (χ3n) is 4.35. The van der Waals surface area contributed by atoms with Crippen molar-refractivity contribution in [3.63, 3.8) is 0 Å². The van der Waals surface area contributed by atoms with Gasteiger partial charge in [0.05, 0.1) is 25.4 Å². The Hall–Kier alpha value is -4.05. The summed E-state index contributed by atoms with van der Waals surface area (Å²) in [6, 6.07) is 16.6. The molecule has 0 aliphatic rings. The summed E-state index contributed by atoms with van der Waals surface area (Å²) in [5.74, 6) is -1.75. The molecule has 0 aromatic heterocycles. The van der Waals surface area contributed by atoms with Gasteiger partial charge in [0.25, 0.3) is 11.8 Å². The lowest BCUT2D eigenvalue weighted by Gasteiger charge is -2.10. The van der Waals surface area contributed by atoms with Crippen molar-refractivity contribution in [1.82, 2.24) is 10.7 Å². The lowest BCUT2D eigenvalue weighted by Crippen LogP contribution is -2.34. The van der Waals surface area contributed by atoms with Crippen molar-refractivity contribution in [1.29, 1.82) is 0 Å². The molecule has 0 unspecified atom stereocenters. The van der Waals surface area contributed by atoms with Gasteiger partial charge in [0, 0.05) is 10.0 Å². The number of methoxy groups -OCH3 is 1. The van der Waals surface area contributed by atoms with Crippen LogP contribution in [0.3, 0.4) is 0 Å². The van der Waals surface area contributed by atoms with E-state index in [1.807, 2.05) is 0 Å². The highest BCUT2D eigenvalue weighted by atomic mass is 79.9. The molecule has 0 heterocycles. The number of esters is 1. The molecule has 34 heavy (non-hydrogen) atoms. The van der Waals surface area contributed by atoms with Crippen LogP contribution in [-0.4, -0.2) is 37.7 Å². The molecule has 3 rings (SSSR count). The van der Waals surface area contributed by atoms with E-state index >= 15 is 0 Å². The maximum Gasteiger partial charge on any atom is 0.343 e. The highest BCUT2D eigenvalue weighted by molar-refractivity contribution is 9.10. The first-order valence-corrected chi connectivity index (χ1v) is 10.7. The molecule has 0 atom stereocenters. The lowest BCUT2D eigenvalue weighted by molar-refractivity contribution is -0.120. The molecule has 3 aromatic rings. The van der Waals surface area contributed by atoms with Gasteiger partial charge < -0.3 is 14.8 Å². The molecule has 3 aromatic carbocycles. The monoisotopic (exact) mass is 527 g/mol. The highest BCUT2D eigenvalue weighted by Crippen LogP contribution is 2.28. The van der Waals surface area contributed by atoms with Gasteiger partial charge in [0.15, 0.2) is 11.5 Å². The second kappa shape index (κ2) is 11.7. The zero-order chi connectivity index (χ0) is 24.5. The van der Waals surface area contributed by atoms with Crippen molar-refractivity contribution in [2.75, 3.05) is 13.7 Å². The van der Waals surface area contributed by atoms with Gasteiger partial charge in [0.1, 0.15) is 5.82 Å². The Bertz CT molecular complexity index is 1250. The van der Waals surface area contributed by atoms with Gasteiger partial charge in [-0.3, -0.25) is 9.59 Å². The number of hydrogen-bond donors (Lipinski definition) is 2. The Morgan fingerprint density at radius 2 is 1.76 bits per heavy atom. The molecule has 0 saturated carbocycles. The second-order valence-corrected chi connectivity index (χ2v) is 7.71. The minimum atomic E-state index is -0.587. The van der Waals surface area contributed by atoms with E-state index < -0.39 is 23.6 Å². The summed E-state index contributed by atoms with van der Waals surface area (Å²) in [6.07, 6.45) is 1.36. The van der Waals surface area contributed by atoms with Gasteiger partial charge in [-0.2, -0.15) is 5.10 Å². The average molecular weight is 528 g/mol. The molecule has 0 aliphatic carbocycles. The van der Waals surface area contributed by atoms with Gasteiger partial charge in [-0.1, -0.05) is 28.1 Å². The number of hydrazone groups is 1. The second-order valence-electron chi connectivity index (χ2n) is 6.80. The molecule has 0 fully saturated rings. The fourth-order valence-electron chi connectivity index (χ4n) is 2.73. The standard InChI is InChI=1S/C24H19BrFN3O5/c1-33-21-10-15(8-9-20(21)34-24(32)17-5-2-6-18(25)11-17)13-28-29-22(30)14-27-23(31)16-4-3-7-19(26)12-16/h2-13H,14H2,1H3,(H,27,31)(H,29,30). The zero-order valence-electron chi connectivity index (χ0n) is 17.9. The zero-order valence-corrected chi connectivity index (χ0v) is 19.5. The lowest BCUT2D eigenvalue weighted by atomic mass is 10.2. The van der Waals surface area contributed by atoms with E-state index in [2.05, 4.69) is 31.8 Å². The van der Waals surface area contributed by atoms with E-state index in [4.69, 9.17) is 9.47 Å². The molecule has 2 N–H and O–H groups in total. The number of hydrogen-bond acceptors (Lipinski definition) is 6. The SMILES string of the molecule is COc1cc(C=NNC(=O)CNC(=O)c2cccc(F)c2)ccc1OC(=O)c1cccc(Br)c1. The number of carbonyl (C=O) groups excluding carboxylic acids is 3. The number of nitrogens with zero attached hydrogens (tertiary/aromatic N) is 1. The molecule has 0 aliphatic heterocycles. The number of rotatable bonds is 8. The summed E-state index contributed by atoms with van der Waals surface area (Å²) < 4.78 is 24.6. The third kappa shape index (κ3) is 6.97. The molecule has 0 saturated heterocycles. The quantitative estimate of drug-likeness (QED) is 0.201. The molecule has 8 nitrogen and oxygen atoms in total. The molecule has 0 spiro atoms. The first kappa shape index (κ1) is 24.6. The van der Waals surface area contributed by atoms with Crippen LogP contribution in [-0.2, 0) is 4.79 Å². The summed E-state index contributed by atoms with van der Waals surface area (Å²) in [6.45, 7) is -0.347. The number of carbonyl (C=O) groups is 3. The summed E-state index contributed by atoms with van der Waals surface area (Å²) in [5.41, 5.74) is 3.30. The van der Waals surface area contributed by atoms with Crippen molar-refractivity contribution in [3.05, 3.63) is 93.7 Å². The Labute approximate surface area is 202 Å². The Balaban J connectivity index is 1.54. The van der Waals surface area contributed by atoms with Crippen molar-refractivity contribution in [2.24, 2.45) is 5.10 Å². The molecule has 174 valence electrons. The predicted octanol–water partition coefficient (Wildman–Crippen LogP) is 3.70. The maximum absolute atomic E-state index is 13.2. The van der Waals surface area contributed by atoms with Gasteiger partial charge in [0.2, 0.25) is 0 Å². The summed E-state index contributed by atoms with van der Waals surface area (Å²) in [7, 11) is 1.43. The van der Waals surface area contributed by atoms with Gasteiger partial charge in [-0.05, 0) is 60.2 Å². The van der Waals surface area contributed by atoms with Crippen molar-refractivity contribution in [3.8, 4) is 11.5 Å². The number of ether oxygens (including phenoxy) is 2. The summed E-state index contributed by atoms with van der Waals surface area (Å²) >= 11 is 3.31. The number of amides is 2. The fourth-order valence-corrected chi connectivity index (χ4v) is 3.13. The van der Waals surface area contributed by atoms with E-state index in [0.717, 1.165) is 10.5 Å². The molecule has 0 bridgehead atoms. The van der Waals surface area contributed by atoms with Crippen LogP contribution >= 0.6 is 15.9 Å². The largest absolute Gasteiger partial charge is 0.493 e. The van der Waals surface area contributed by atoms with E-state index in [-0.39, 0.29) is 17.9 Å². The minimum Gasteiger partial charge on any atom is -0.493 e. The van der Waals surface area contributed by atoms with E-state index in [1.54, 1.807) is 36.4 Å². The van der Waals surface area contributed by atoms with Crippen LogP contribution in [0.5, 0.6) is 11.5 Å². The Kier molecular flexibility index (Phi) is 8.47. The Morgan fingerprint density at radius 1 is 1.00 bits per heavy atom. The topological polar surface area (TPSA) is 106 Å². The first-order valence-electron chi connectivity index (χ1n) is 9.87. The van der Waals surface area contributed by atoms with Crippen molar-refractivity contribution >= 4 is 39.9 Å². The molecule has 0 radical (unpaired) electrons. The Morgan fingerprint density at radius 3 is 2.50 bits per heavy atom. The van der Waals surface area contributed by atoms with Crippen LogP contribution in [0.4, 0.5) is 4.39 Å². The van der Waals surface area contributed by atoms with Gasteiger partial charge >= 0.3 is 5.97 Å². The van der Waals surface area contributed by atoms with Crippen LogP contribution in [0, 0.1) is 5.82 Å². The smallest absolute Gasteiger partial charge is 0.343 e. The van der Waals surface area contributed by atoms with Crippen LogP contribution in [0.2, 0.25) is 0 Å². The molecule has 10 heteroatoms. The van der Waals surface area contributed by atoms with Crippen molar-refractivity contribution in [2.45, 2.75) is 0 Å². The number of nitrogens with one attached hydrogen (secondary N) is 2. The fraction of sp³-hybridized carbons (Fsp3) is 0.0833. The predicted molar refractivity (Wildman–Crippen MR) is 127 cm³/mol. The van der Waals surface area contributed by atoms with Crippen molar-refractivity contribution < 1.29 is 28.2 Å². The van der Waals surface area contributed by atoms with E-state index in [9.17, 15) is 18.8 Å². The number of benzene rings is 3. The average Bonchev–Trinajstić information content (AvgIpc) is 2.83. The van der Waals surface area contributed by atoms with Crippen LogP contribution in [0.1, 0.15) is 26.3 Å². The summed E-state index contributed by atoms with van der Waals surface area (Å²) in [5, 5.41) is 6.20. The third-order valence-corrected chi connectivity index (χ3v) is 4.84. The molecule has 2 amide bonds. The van der Waals surface area contributed by atoms with Crippen LogP contribution < -0.4 is 20.2 Å². The normalized spacial score (nSPS) is 10.6.